The first-order valence-electron chi connectivity index (χ1n) is 7.11. The van der Waals surface area contributed by atoms with Crippen molar-refractivity contribution in [1.82, 2.24) is 5.32 Å². The summed E-state index contributed by atoms with van der Waals surface area (Å²) in [4.78, 5) is 23.0. The summed E-state index contributed by atoms with van der Waals surface area (Å²) in [7, 11) is 0. The second-order valence-electron chi connectivity index (χ2n) is 5.86. The fourth-order valence-electron chi connectivity index (χ4n) is 3.14. The van der Waals surface area contributed by atoms with Crippen LogP contribution in [-0.2, 0) is 9.59 Å². The standard InChI is InChI=1S/C14H23NO3/c1-2-14(8-3-9-14)15-12(16)10-4-6-11(7-5-10)13(17)18/h10-11H,2-9H2,1H3,(H,15,16)(H,17,18). The van der Waals surface area contributed by atoms with Crippen LogP contribution >= 0.6 is 0 Å². The summed E-state index contributed by atoms with van der Waals surface area (Å²) in [6.07, 6.45) is 7.15. The van der Waals surface area contributed by atoms with Crippen molar-refractivity contribution in [2.45, 2.75) is 63.8 Å². The van der Waals surface area contributed by atoms with Crippen LogP contribution in [0.3, 0.4) is 0 Å². The molecular formula is C14H23NO3. The highest BCUT2D eigenvalue weighted by Gasteiger charge is 2.38. The van der Waals surface area contributed by atoms with E-state index in [1.54, 1.807) is 0 Å². The second kappa shape index (κ2) is 5.29. The first kappa shape index (κ1) is 13.4. The van der Waals surface area contributed by atoms with Crippen LogP contribution in [0.2, 0.25) is 0 Å². The van der Waals surface area contributed by atoms with Gasteiger partial charge in [0.1, 0.15) is 0 Å². The minimum atomic E-state index is -0.710. The van der Waals surface area contributed by atoms with Gasteiger partial charge in [0.15, 0.2) is 0 Å². The Bertz CT molecular complexity index is 322. The average Bonchev–Trinajstić information content (AvgIpc) is 2.33. The third-order valence-electron chi connectivity index (χ3n) is 4.82. The lowest BCUT2D eigenvalue weighted by Gasteiger charge is -2.43. The Morgan fingerprint density at radius 1 is 1.17 bits per heavy atom. The number of carbonyl (C=O) groups excluding carboxylic acids is 1. The molecule has 0 aromatic heterocycles. The summed E-state index contributed by atoms with van der Waals surface area (Å²) in [6, 6.07) is 0. The van der Waals surface area contributed by atoms with Crippen LogP contribution in [0.4, 0.5) is 0 Å². The highest BCUT2D eigenvalue weighted by atomic mass is 16.4. The van der Waals surface area contributed by atoms with Gasteiger partial charge in [-0.2, -0.15) is 0 Å². The van der Waals surface area contributed by atoms with Crippen LogP contribution in [0.1, 0.15) is 58.3 Å². The van der Waals surface area contributed by atoms with Gasteiger partial charge in [-0.1, -0.05) is 6.92 Å². The predicted molar refractivity (Wildman–Crippen MR) is 68.1 cm³/mol. The maximum absolute atomic E-state index is 12.2. The Balaban J connectivity index is 1.82. The molecule has 0 radical (unpaired) electrons. The van der Waals surface area contributed by atoms with Crippen LogP contribution in [0.15, 0.2) is 0 Å². The maximum atomic E-state index is 12.2. The van der Waals surface area contributed by atoms with Crippen LogP contribution in [-0.4, -0.2) is 22.5 Å². The van der Waals surface area contributed by atoms with Crippen molar-refractivity contribution in [2.75, 3.05) is 0 Å². The van der Waals surface area contributed by atoms with Crippen LogP contribution < -0.4 is 5.32 Å². The minimum Gasteiger partial charge on any atom is -0.481 e. The first-order chi connectivity index (χ1) is 8.56. The van der Waals surface area contributed by atoms with Gasteiger partial charge in [-0.05, 0) is 51.4 Å². The molecule has 0 aliphatic heterocycles. The normalized spacial score (nSPS) is 30.3. The smallest absolute Gasteiger partial charge is 0.306 e. The van der Waals surface area contributed by atoms with Crippen molar-refractivity contribution in [1.29, 1.82) is 0 Å². The molecule has 2 saturated carbocycles. The van der Waals surface area contributed by atoms with E-state index in [1.165, 1.54) is 6.42 Å². The number of carboxylic acids is 1. The van der Waals surface area contributed by atoms with Crippen molar-refractivity contribution in [2.24, 2.45) is 11.8 Å². The molecule has 0 aromatic rings. The summed E-state index contributed by atoms with van der Waals surface area (Å²) < 4.78 is 0. The number of nitrogens with one attached hydrogen (secondary N) is 1. The molecule has 102 valence electrons. The van der Waals surface area contributed by atoms with Gasteiger partial charge in [0.05, 0.1) is 5.92 Å². The Kier molecular flexibility index (Phi) is 3.93. The van der Waals surface area contributed by atoms with E-state index in [9.17, 15) is 9.59 Å². The van der Waals surface area contributed by atoms with E-state index < -0.39 is 5.97 Å². The Morgan fingerprint density at radius 3 is 2.11 bits per heavy atom. The molecule has 4 nitrogen and oxygen atoms in total. The summed E-state index contributed by atoms with van der Waals surface area (Å²) >= 11 is 0. The Labute approximate surface area is 108 Å². The lowest BCUT2D eigenvalue weighted by atomic mass is 9.74. The summed E-state index contributed by atoms with van der Waals surface area (Å²) in [5.41, 5.74) is 0.0563. The van der Waals surface area contributed by atoms with E-state index in [4.69, 9.17) is 5.11 Å². The molecule has 0 unspecified atom stereocenters. The summed E-state index contributed by atoms with van der Waals surface area (Å²) in [5, 5.41) is 12.1. The second-order valence-corrected chi connectivity index (χ2v) is 5.86. The molecule has 2 N–H and O–H groups in total. The van der Waals surface area contributed by atoms with E-state index >= 15 is 0 Å². The number of amides is 1. The molecule has 0 heterocycles. The van der Waals surface area contributed by atoms with Gasteiger partial charge >= 0.3 is 5.97 Å². The minimum absolute atomic E-state index is 0.0321. The predicted octanol–water partition coefficient (Wildman–Crippen LogP) is 2.33. The molecule has 18 heavy (non-hydrogen) atoms. The molecule has 4 heteroatoms. The fourth-order valence-corrected chi connectivity index (χ4v) is 3.14. The van der Waals surface area contributed by atoms with Gasteiger partial charge < -0.3 is 10.4 Å². The molecule has 0 bridgehead atoms. The molecular weight excluding hydrogens is 230 g/mol. The molecule has 2 fully saturated rings. The zero-order valence-electron chi connectivity index (χ0n) is 11.1. The summed E-state index contributed by atoms with van der Waals surface area (Å²) in [5.74, 6) is -0.763. The zero-order chi connectivity index (χ0) is 13.2. The van der Waals surface area contributed by atoms with Crippen LogP contribution in [0, 0.1) is 11.8 Å². The third-order valence-corrected chi connectivity index (χ3v) is 4.82. The fraction of sp³-hybridized carbons (Fsp3) is 0.857. The van der Waals surface area contributed by atoms with Crippen molar-refractivity contribution < 1.29 is 14.7 Å². The quantitative estimate of drug-likeness (QED) is 0.808. The average molecular weight is 253 g/mol. The van der Waals surface area contributed by atoms with Gasteiger partial charge in [0.25, 0.3) is 0 Å². The zero-order valence-corrected chi connectivity index (χ0v) is 11.1. The molecule has 2 rings (SSSR count). The monoisotopic (exact) mass is 253 g/mol. The maximum Gasteiger partial charge on any atom is 0.306 e. The van der Waals surface area contributed by atoms with E-state index in [1.807, 2.05) is 0 Å². The van der Waals surface area contributed by atoms with Crippen LogP contribution in [0.25, 0.3) is 0 Å². The lowest BCUT2D eigenvalue weighted by molar-refractivity contribution is -0.144. The molecule has 0 spiro atoms. The van der Waals surface area contributed by atoms with E-state index in [0.717, 1.165) is 32.1 Å². The molecule has 2 aliphatic rings. The molecule has 2 aliphatic carbocycles. The molecule has 1 amide bonds. The van der Waals surface area contributed by atoms with Crippen molar-refractivity contribution in [3.05, 3.63) is 0 Å². The topological polar surface area (TPSA) is 66.4 Å². The molecule has 0 atom stereocenters. The third kappa shape index (κ3) is 2.68. The largest absolute Gasteiger partial charge is 0.481 e. The number of rotatable bonds is 4. The van der Waals surface area contributed by atoms with Gasteiger partial charge in [-0.25, -0.2) is 0 Å². The highest BCUT2D eigenvalue weighted by molar-refractivity contribution is 5.80. The SMILES string of the molecule is CCC1(NC(=O)C2CCC(C(=O)O)CC2)CCC1. The van der Waals surface area contributed by atoms with E-state index in [-0.39, 0.29) is 23.3 Å². The van der Waals surface area contributed by atoms with Crippen molar-refractivity contribution >= 4 is 11.9 Å². The summed E-state index contributed by atoms with van der Waals surface area (Å²) in [6.45, 7) is 2.13. The number of hydrogen-bond acceptors (Lipinski definition) is 2. The molecule has 0 aromatic carbocycles. The number of aliphatic carboxylic acids is 1. The highest BCUT2D eigenvalue weighted by Crippen LogP contribution is 2.36. The van der Waals surface area contributed by atoms with Gasteiger partial charge in [-0.15, -0.1) is 0 Å². The van der Waals surface area contributed by atoms with E-state index in [2.05, 4.69) is 12.2 Å². The Hall–Kier alpha value is -1.06. The number of carboxylic acid groups (broad SMARTS) is 1. The first-order valence-corrected chi connectivity index (χ1v) is 7.11. The van der Waals surface area contributed by atoms with Gasteiger partial charge in [0, 0.05) is 11.5 Å². The van der Waals surface area contributed by atoms with E-state index in [0.29, 0.717) is 12.8 Å². The molecule has 0 saturated heterocycles. The van der Waals surface area contributed by atoms with Gasteiger partial charge in [0.2, 0.25) is 5.91 Å². The van der Waals surface area contributed by atoms with Crippen LogP contribution in [0.5, 0.6) is 0 Å². The van der Waals surface area contributed by atoms with Crippen molar-refractivity contribution in [3.63, 3.8) is 0 Å². The lowest BCUT2D eigenvalue weighted by Crippen LogP contribution is -2.54. The van der Waals surface area contributed by atoms with Crippen molar-refractivity contribution in [3.8, 4) is 0 Å². The number of hydrogen-bond donors (Lipinski definition) is 2. The van der Waals surface area contributed by atoms with Gasteiger partial charge in [-0.3, -0.25) is 9.59 Å². The number of carbonyl (C=O) groups is 2. The Morgan fingerprint density at radius 2 is 1.72 bits per heavy atom.